The quantitative estimate of drug-likeness (QED) is 0.311. The number of carbonyl (C=O) groups excluding carboxylic acids is 2. The molecule has 0 heterocycles. The Kier molecular flexibility index (Phi) is 8.49. The van der Waals surface area contributed by atoms with Gasteiger partial charge in [0.05, 0.1) is 28.6 Å². The molecule has 0 bridgehead atoms. The minimum Gasteiger partial charge on any atom is -0.496 e. The van der Waals surface area contributed by atoms with Crippen LogP contribution in [0.2, 0.25) is 0 Å². The normalized spacial score (nSPS) is 11.2. The number of hydrogen-bond acceptors (Lipinski definition) is 8. The van der Waals surface area contributed by atoms with Crippen LogP contribution in [-0.2, 0) is 19.6 Å². The van der Waals surface area contributed by atoms with Crippen molar-refractivity contribution < 1.29 is 32.4 Å². The van der Waals surface area contributed by atoms with E-state index in [4.69, 9.17) is 9.47 Å². The molecule has 178 valence electrons. The van der Waals surface area contributed by atoms with E-state index in [0.29, 0.717) is 5.56 Å². The summed E-state index contributed by atoms with van der Waals surface area (Å²) in [5.74, 6) is -1.47. The van der Waals surface area contributed by atoms with E-state index in [0.717, 1.165) is 6.07 Å². The first kappa shape index (κ1) is 25.7. The fraction of sp³-hybridized carbons (Fsp3) is 0.333. The van der Waals surface area contributed by atoms with Crippen LogP contribution in [0.5, 0.6) is 5.75 Å². The van der Waals surface area contributed by atoms with Crippen molar-refractivity contribution in [3.63, 3.8) is 0 Å². The van der Waals surface area contributed by atoms with Gasteiger partial charge in [0.1, 0.15) is 11.4 Å². The zero-order chi connectivity index (χ0) is 24.8. The number of rotatable bonds is 10. The summed E-state index contributed by atoms with van der Waals surface area (Å²) in [6.45, 7) is 4.82. The molecule has 11 nitrogen and oxygen atoms in total. The van der Waals surface area contributed by atoms with Crippen molar-refractivity contribution >= 4 is 33.3 Å². The summed E-state index contributed by atoms with van der Waals surface area (Å²) in [5, 5.41) is 13.5. The zero-order valence-electron chi connectivity index (χ0n) is 18.7. The summed E-state index contributed by atoms with van der Waals surface area (Å²) in [6, 6.07) is 7.95. The lowest BCUT2D eigenvalue weighted by Crippen LogP contribution is -2.30. The number of nitrogens with one attached hydrogen (secondary N) is 1. The molecule has 0 spiro atoms. The second-order valence-corrected chi connectivity index (χ2v) is 8.77. The lowest BCUT2D eigenvalue weighted by atomic mass is 10.1. The highest BCUT2D eigenvalue weighted by atomic mass is 32.2. The monoisotopic (exact) mass is 479 g/mol. The Morgan fingerprint density at radius 3 is 2.36 bits per heavy atom. The third kappa shape index (κ3) is 6.05. The van der Waals surface area contributed by atoms with Crippen molar-refractivity contribution in [3.8, 4) is 5.75 Å². The molecule has 0 aliphatic rings. The molecule has 0 radical (unpaired) electrons. The molecule has 2 aromatic carbocycles. The highest BCUT2D eigenvalue weighted by molar-refractivity contribution is 7.89. The number of carbonyl (C=O) groups is 2. The zero-order valence-corrected chi connectivity index (χ0v) is 19.5. The fourth-order valence-corrected chi connectivity index (χ4v) is 4.47. The summed E-state index contributed by atoms with van der Waals surface area (Å²) in [4.78, 5) is 35.2. The van der Waals surface area contributed by atoms with E-state index in [-0.39, 0.29) is 40.7 Å². The molecule has 0 unspecified atom stereocenters. The van der Waals surface area contributed by atoms with E-state index in [1.165, 1.54) is 41.7 Å². The van der Waals surface area contributed by atoms with Gasteiger partial charge in [0, 0.05) is 13.1 Å². The second kappa shape index (κ2) is 10.9. The molecule has 2 aromatic rings. The number of nitrogens with zero attached hydrogens (tertiary/aromatic N) is 2. The van der Waals surface area contributed by atoms with Crippen molar-refractivity contribution in [2.45, 2.75) is 25.7 Å². The van der Waals surface area contributed by atoms with E-state index in [9.17, 15) is 28.1 Å². The maximum Gasteiger partial charge on any atom is 0.338 e. The van der Waals surface area contributed by atoms with E-state index >= 15 is 0 Å². The van der Waals surface area contributed by atoms with Gasteiger partial charge in [-0.3, -0.25) is 14.9 Å². The van der Waals surface area contributed by atoms with Crippen molar-refractivity contribution in [1.82, 2.24) is 4.31 Å². The van der Waals surface area contributed by atoms with Gasteiger partial charge in [-0.05, 0) is 36.8 Å². The van der Waals surface area contributed by atoms with Gasteiger partial charge in [-0.2, -0.15) is 4.31 Å². The summed E-state index contributed by atoms with van der Waals surface area (Å²) in [7, 11) is -2.44. The molecule has 1 amide bonds. The second-order valence-electron chi connectivity index (χ2n) is 6.83. The number of nitro benzene ring substituents is 1. The van der Waals surface area contributed by atoms with E-state index in [1.807, 2.05) is 0 Å². The minimum absolute atomic E-state index is 0.00791. The summed E-state index contributed by atoms with van der Waals surface area (Å²) < 4.78 is 36.7. The van der Waals surface area contributed by atoms with Crippen LogP contribution in [0.3, 0.4) is 0 Å². The Morgan fingerprint density at radius 2 is 1.79 bits per heavy atom. The Morgan fingerprint density at radius 1 is 1.12 bits per heavy atom. The van der Waals surface area contributed by atoms with E-state index in [2.05, 4.69) is 5.32 Å². The largest absolute Gasteiger partial charge is 0.496 e. The van der Waals surface area contributed by atoms with E-state index < -0.39 is 33.4 Å². The number of esters is 1. The molecular formula is C21H25N3O8S. The number of ether oxygens (including phenoxy) is 2. The summed E-state index contributed by atoms with van der Waals surface area (Å²) >= 11 is 0. The molecule has 2 rings (SSSR count). The molecule has 0 saturated carbocycles. The maximum absolute atomic E-state index is 12.7. The highest BCUT2D eigenvalue weighted by Gasteiger charge is 2.24. The summed E-state index contributed by atoms with van der Waals surface area (Å²) in [5.41, 5.74) is -0.0271. The van der Waals surface area contributed by atoms with Crippen LogP contribution in [0.1, 0.15) is 29.8 Å². The van der Waals surface area contributed by atoms with Crippen LogP contribution in [-0.4, -0.2) is 56.3 Å². The molecule has 0 fully saturated rings. The van der Waals surface area contributed by atoms with Crippen LogP contribution < -0.4 is 10.1 Å². The van der Waals surface area contributed by atoms with Gasteiger partial charge < -0.3 is 14.8 Å². The SMILES string of the molecule is CCN(CC)S(=O)(=O)c1ccc(C)c(C(=O)OCC(=O)Nc2ccc(OC)cc2[N+](=O)[O-])c1. The highest BCUT2D eigenvalue weighted by Crippen LogP contribution is 2.29. The molecule has 33 heavy (non-hydrogen) atoms. The van der Waals surface area contributed by atoms with Gasteiger partial charge in [-0.1, -0.05) is 19.9 Å². The molecular weight excluding hydrogens is 454 g/mol. The van der Waals surface area contributed by atoms with Gasteiger partial charge >= 0.3 is 5.97 Å². The van der Waals surface area contributed by atoms with Gasteiger partial charge in [-0.15, -0.1) is 0 Å². The number of hydrogen-bond donors (Lipinski definition) is 1. The number of amides is 1. The average molecular weight is 480 g/mol. The Labute approximate surface area is 191 Å². The first-order valence-electron chi connectivity index (χ1n) is 9.95. The van der Waals surface area contributed by atoms with Gasteiger partial charge in [0.2, 0.25) is 10.0 Å². The number of benzene rings is 2. The molecule has 0 aliphatic carbocycles. The minimum atomic E-state index is -3.79. The predicted octanol–water partition coefficient (Wildman–Crippen LogP) is 2.74. The first-order chi connectivity index (χ1) is 15.5. The van der Waals surface area contributed by atoms with Crippen LogP contribution in [0.4, 0.5) is 11.4 Å². The molecule has 1 N–H and O–H groups in total. The van der Waals surface area contributed by atoms with Gasteiger partial charge in [0.25, 0.3) is 11.6 Å². The van der Waals surface area contributed by atoms with Crippen molar-refractivity contribution in [2.24, 2.45) is 0 Å². The fourth-order valence-electron chi connectivity index (χ4n) is 2.98. The lowest BCUT2D eigenvalue weighted by Gasteiger charge is -2.19. The van der Waals surface area contributed by atoms with Crippen molar-refractivity contribution in [3.05, 3.63) is 57.6 Å². The Balaban J connectivity index is 2.15. The number of sulfonamides is 1. The Bertz CT molecular complexity index is 1160. The van der Waals surface area contributed by atoms with Gasteiger partial charge in [0.15, 0.2) is 6.61 Å². The Hall–Kier alpha value is -3.51. The van der Waals surface area contributed by atoms with Crippen LogP contribution in [0.15, 0.2) is 41.3 Å². The number of aryl methyl sites for hydroxylation is 1. The molecule has 0 aromatic heterocycles. The van der Waals surface area contributed by atoms with Gasteiger partial charge in [-0.25, -0.2) is 13.2 Å². The third-order valence-corrected chi connectivity index (χ3v) is 6.83. The van der Waals surface area contributed by atoms with Crippen LogP contribution >= 0.6 is 0 Å². The first-order valence-corrected chi connectivity index (χ1v) is 11.4. The lowest BCUT2D eigenvalue weighted by molar-refractivity contribution is -0.384. The number of anilines is 1. The molecule has 0 atom stereocenters. The molecule has 12 heteroatoms. The predicted molar refractivity (Wildman–Crippen MR) is 120 cm³/mol. The standard InChI is InChI=1S/C21H25N3O8S/c1-5-23(6-2)33(29,30)16-9-7-14(3)17(12-16)21(26)32-13-20(25)22-18-10-8-15(31-4)11-19(18)24(27)28/h7-12H,5-6,13H2,1-4H3,(H,22,25). The number of nitro groups is 1. The van der Waals surface area contributed by atoms with Crippen LogP contribution in [0, 0.1) is 17.0 Å². The van der Waals surface area contributed by atoms with Crippen molar-refractivity contribution in [2.75, 3.05) is 32.1 Å². The smallest absolute Gasteiger partial charge is 0.338 e. The third-order valence-electron chi connectivity index (χ3n) is 4.78. The van der Waals surface area contributed by atoms with Crippen LogP contribution in [0.25, 0.3) is 0 Å². The molecule has 0 aliphatic heterocycles. The number of methoxy groups -OCH3 is 1. The summed E-state index contributed by atoms with van der Waals surface area (Å²) in [6.07, 6.45) is 0. The maximum atomic E-state index is 12.7. The molecule has 0 saturated heterocycles. The topological polar surface area (TPSA) is 145 Å². The average Bonchev–Trinajstić information content (AvgIpc) is 2.78. The van der Waals surface area contributed by atoms with Crippen molar-refractivity contribution in [1.29, 1.82) is 0 Å². The van der Waals surface area contributed by atoms with E-state index in [1.54, 1.807) is 20.8 Å².